The van der Waals surface area contributed by atoms with Crippen LogP contribution in [0, 0.1) is 5.41 Å². The van der Waals surface area contributed by atoms with E-state index in [0.717, 1.165) is 0 Å². The standard InChI is InChI=1S/C12H19N3O4/c1-12(2,3)7(5-8(16)17)15-10-9(19-4)11(18)14-6-13-10/h6-7H,5H2,1-4H3,(H,16,17)(H2,13,14,15,18). The van der Waals surface area contributed by atoms with Crippen molar-refractivity contribution in [3.05, 3.63) is 16.7 Å². The lowest BCUT2D eigenvalue weighted by molar-refractivity contribution is -0.137. The Morgan fingerprint density at radius 2 is 2.21 bits per heavy atom. The molecule has 19 heavy (non-hydrogen) atoms. The third-order valence-electron chi connectivity index (χ3n) is 2.75. The number of methoxy groups -OCH3 is 1. The van der Waals surface area contributed by atoms with Crippen molar-refractivity contribution < 1.29 is 14.6 Å². The number of hydrogen-bond donors (Lipinski definition) is 3. The van der Waals surface area contributed by atoms with Crippen LogP contribution in [0.3, 0.4) is 0 Å². The molecule has 0 saturated heterocycles. The van der Waals surface area contributed by atoms with Gasteiger partial charge in [0.25, 0.3) is 5.56 Å². The number of aliphatic carboxylic acids is 1. The van der Waals surface area contributed by atoms with Crippen LogP contribution in [0.15, 0.2) is 11.1 Å². The minimum Gasteiger partial charge on any atom is -0.489 e. The van der Waals surface area contributed by atoms with Gasteiger partial charge in [0.1, 0.15) is 0 Å². The molecule has 1 unspecified atom stereocenters. The van der Waals surface area contributed by atoms with Crippen LogP contribution in [-0.2, 0) is 4.79 Å². The molecule has 1 heterocycles. The molecule has 0 fully saturated rings. The Bertz CT molecular complexity index is 504. The Kier molecular flexibility index (Phi) is 4.52. The van der Waals surface area contributed by atoms with Gasteiger partial charge in [0.2, 0.25) is 5.75 Å². The summed E-state index contributed by atoms with van der Waals surface area (Å²) in [5, 5.41) is 11.9. The molecule has 0 spiro atoms. The number of rotatable bonds is 5. The summed E-state index contributed by atoms with van der Waals surface area (Å²) in [6.07, 6.45) is 1.16. The van der Waals surface area contributed by atoms with Gasteiger partial charge in [-0.2, -0.15) is 0 Å². The third kappa shape index (κ3) is 3.97. The number of aromatic amines is 1. The van der Waals surface area contributed by atoms with Gasteiger partial charge in [-0.05, 0) is 5.41 Å². The number of hydrogen-bond acceptors (Lipinski definition) is 5. The van der Waals surface area contributed by atoms with Crippen molar-refractivity contribution >= 4 is 11.8 Å². The number of carboxylic acids is 1. The zero-order valence-electron chi connectivity index (χ0n) is 11.5. The van der Waals surface area contributed by atoms with Gasteiger partial charge in [0.15, 0.2) is 5.82 Å². The molecule has 7 heteroatoms. The zero-order valence-corrected chi connectivity index (χ0v) is 11.5. The molecule has 0 bridgehead atoms. The van der Waals surface area contributed by atoms with Crippen LogP contribution in [0.4, 0.5) is 5.82 Å². The highest BCUT2D eigenvalue weighted by molar-refractivity contribution is 5.68. The summed E-state index contributed by atoms with van der Waals surface area (Å²) in [7, 11) is 1.36. The number of carboxylic acid groups (broad SMARTS) is 1. The summed E-state index contributed by atoms with van der Waals surface area (Å²) in [4.78, 5) is 28.8. The summed E-state index contributed by atoms with van der Waals surface area (Å²) < 4.78 is 4.98. The average molecular weight is 269 g/mol. The predicted octanol–water partition coefficient (Wildman–Crippen LogP) is 1.08. The second kappa shape index (κ2) is 5.73. The molecule has 3 N–H and O–H groups in total. The summed E-state index contributed by atoms with van der Waals surface area (Å²) in [5.74, 6) is -0.634. The first-order chi connectivity index (χ1) is 8.75. The van der Waals surface area contributed by atoms with Crippen LogP contribution < -0.4 is 15.6 Å². The van der Waals surface area contributed by atoms with Crippen molar-refractivity contribution in [2.24, 2.45) is 5.41 Å². The molecule has 106 valence electrons. The highest BCUT2D eigenvalue weighted by Gasteiger charge is 2.28. The van der Waals surface area contributed by atoms with Crippen molar-refractivity contribution in [1.82, 2.24) is 9.97 Å². The lowest BCUT2D eigenvalue weighted by Crippen LogP contribution is -2.37. The third-order valence-corrected chi connectivity index (χ3v) is 2.75. The van der Waals surface area contributed by atoms with E-state index in [1.54, 1.807) is 0 Å². The molecule has 7 nitrogen and oxygen atoms in total. The van der Waals surface area contributed by atoms with Crippen molar-refractivity contribution in [1.29, 1.82) is 0 Å². The van der Waals surface area contributed by atoms with Crippen LogP contribution in [0.2, 0.25) is 0 Å². The van der Waals surface area contributed by atoms with Crippen molar-refractivity contribution in [3.63, 3.8) is 0 Å². The molecule has 0 radical (unpaired) electrons. The Labute approximate surface area is 111 Å². The highest BCUT2D eigenvalue weighted by atomic mass is 16.5. The van der Waals surface area contributed by atoms with E-state index in [0.29, 0.717) is 0 Å². The van der Waals surface area contributed by atoms with Crippen LogP contribution in [-0.4, -0.2) is 34.2 Å². The Balaban J connectivity index is 3.06. The van der Waals surface area contributed by atoms with Gasteiger partial charge in [0.05, 0.1) is 19.9 Å². The lowest BCUT2D eigenvalue weighted by atomic mass is 9.85. The van der Waals surface area contributed by atoms with Gasteiger partial charge in [-0.15, -0.1) is 0 Å². The van der Waals surface area contributed by atoms with E-state index in [4.69, 9.17) is 9.84 Å². The second-order valence-corrected chi connectivity index (χ2v) is 5.27. The predicted molar refractivity (Wildman–Crippen MR) is 70.5 cm³/mol. The fraction of sp³-hybridized carbons (Fsp3) is 0.583. The normalized spacial score (nSPS) is 12.8. The minimum atomic E-state index is -0.920. The topological polar surface area (TPSA) is 104 Å². The monoisotopic (exact) mass is 269 g/mol. The number of ether oxygens (including phenoxy) is 1. The molecule has 0 aliphatic carbocycles. The molecule has 0 aliphatic heterocycles. The number of carbonyl (C=O) groups is 1. The van der Waals surface area contributed by atoms with E-state index in [9.17, 15) is 9.59 Å². The van der Waals surface area contributed by atoms with Gasteiger partial charge >= 0.3 is 5.97 Å². The molecule has 1 aromatic rings. The highest BCUT2D eigenvalue weighted by Crippen LogP contribution is 2.27. The van der Waals surface area contributed by atoms with Crippen molar-refractivity contribution in [2.75, 3.05) is 12.4 Å². The second-order valence-electron chi connectivity index (χ2n) is 5.27. The maximum absolute atomic E-state index is 11.5. The average Bonchev–Trinajstić information content (AvgIpc) is 2.26. The van der Waals surface area contributed by atoms with Crippen LogP contribution in [0.5, 0.6) is 5.75 Å². The number of aromatic nitrogens is 2. The first-order valence-corrected chi connectivity index (χ1v) is 5.85. The Morgan fingerprint density at radius 3 is 2.68 bits per heavy atom. The first kappa shape index (κ1) is 15.0. The molecular weight excluding hydrogens is 250 g/mol. The molecule has 0 aliphatic rings. The summed E-state index contributed by atoms with van der Waals surface area (Å²) >= 11 is 0. The molecule has 0 amide bonds. The van der Waals surface area contributed by atoms with Gasteiger partial charge in [-0.25, -0.2) is 4.98 Å². The van der Waals surface area contributed by atoms with E-state index in [-0.39, 0.29) is 29.4 Å². The largest absolute Gasteiger partial charge is 0.489 e. The quantitative estimate of drug-likeness (QED) is 0.739. The number of H-pyrrole nitrogens is 1. The van der Waals surface area contributed by atoms with Gasteiger partial charge in [0, 0.05) is 6.04 Å². The zero-order chi connectivity index (χ0) is 14.6. The van der Waals surface area contributed by atoms with Crippen molar-refractivity contribution in [3.8, 4) is 5.75 Å². The molecule has 1 atom stereocenters. The SMILES string of the molecule is COc1c(NC(CC(=O)O)C(C)(C)C)nc[nH]c1=O. The van der Waals surface area contributed by atoms with Gasteiger partial charge in [-0.3, -0.25) is 9.59 Å². The Hall–Kier alpha value is -2.05. The van der Waals surface area contributed by atoms with E-state index in [1.165, 1.54) is 13.4 Å². The molecule has 1 aromatic heterocycles. The fourth-order valence-corrected chi connectivity index (χ4v) is 1.59. The van der Waals surface area contributed by atoms with Crippen LogP contribution >= 0.6 is 0 Å². The summed E-state index contributed by atoms with van der Waals surface area (Å²) in [6, 6.07) is -0.381. The summed E-state index contributed by atoms with van der Waals surface area (Å²) in [5.41, 5.74) is -0.726. The van der Waals surface area contributed by atoms with Crippen molar-refractivity contribution in [2.45, 2.75) is 33.2 Å². The number of anilines is 1. The molecule has 1 rings (SSSR count). The van der Waals surface area contributed by atoms with E-state index in [1.807, 2.05) is 20.8 Å². The maximum atomic E-state index is 11.5. The van der Waals surface area contributed by atoms with Crippen LogP contribution in [0.1, 0.15) is 27.2 Å². The van der Waals surface area contributed by atoms with Gasteiger partial charge < -0.3 is 20.1 Å². The fourth-order valence-electron chi connectivity index (χ4n) is 1.59. The number of nitrogens with zero attached hydrogens (tertiary/aromatic N) is 1. The maximum Gasteiger partial charge on any atom is 0.305 e. The smallest absolute Gasteiger partial charge is 0.305 e. The molecular formula is C12H19N3O4. The Morgan fingerprint density at radius 1 is 1.58 bits per heavy atom. The van der Waals surface area contributed by atoms with Gasteiger partial charge in [-0.1, -0.05) is 20.8 Å². The number of nitrogens with one attached hydrogen (secondary N) is 2. The summed E-state index contributed by atoms with van der Waals surface area (Å²) in [6.45, 7) is 5.73. The van der Waals surface area contributed by atoms with E-state index >= 15 is 0 Å². The van der Waals surface area contributed by atoms with Crippen LogP contribution in [0.25, 0.3) is 0 Å². The molecule has 0 aromatic carbocycles. The minimum absolute atomic E-state index is 0.0436. The lowest BCUT2D eigenvalue weighted by Gasteiger charge is -2.31. The molecule has 0 saturated carbocycles. The van der Waals surface area contributed by atoms with E-state index < -0.39 is 11.5 Å². The van der Waals surface area contributed by atoms with E-state index in [2.05, 4.69) is 15.3 Å². The first-order valence-electron chi connectivity index (χ1n) is 5.85.